The maximum absolute atomic E-state index is 11.9. The topological polar surface area (TPSA) is 72.5 Å². The summed E-state index contributed by atoms with van der Waals surface area (Å²) in [6, 6.07) is 8.68. The van der Waals surface area contributed by atoms with Crippen molar-refractivity contribution in [3.63, 3.8) is 0 Å². The summed E-state index contributed by atoms with van der Waals surface area (Å²) in [6.07, 6.45) is -4.30. The van der Waals surface area contributed by atoms with E-state index in [-0.39, 0.29) is 24.5 Å². The van der Waals surface area contributed by atoms with Gasteiger partial charge >= 0.3 is 6.18 Å². The zero-order valence-corrected chi connectivity index (χ0v) is 13.1. The zero-order chi connectivity index (χ0) is 17.3. The van der Waals surface area contributed by atoms with Gasteiger partial charge in [-0.1, -0.05) is 30.3 Å². The summed E-state index contributed by atoms with van der Waals surface area (Å²) >= 11 is 0. The Morgan fingerprint density at radius 1 is 1.17 bits per heavy atom. The van der Waals surface area contributed by atoms with Crippen LogP contribution < -0.4 is 5.32 Å². The molecule has 1 amide bonds. The van der Waals surface area contributed by atoms with Gasteiger partial charge in [0, 0.05) is 6.54 Å². The monoisotopic (exact) mass is 353 g/mol. The van der Waals surface area contributed by atoms with Gasteiger partial charge in [-0.25, -0.2) is 8.42 Å². The summed E-state index contributed by atoms with van der Waals surface area (Å²) in [6.45, 7) is -2.15. The Morgan fingerprint density at radius 3 is 2.43 bits per heavy atom. The summed E-state index contributed by atoms with van der Waals surface area (Å²) in [7, 11) is -3.30. The second kappa shape index (κ2) is 8.88. The van der Waals surface area contributed by atoms with E-state index in [4.69, 9.17) is 0 Å². The van der Waals surface area contributed by atoms with E-state index in [1.165, 1.54) is 0 Å². The first-order valence-electron chi connectivity index (χ1n) is 6.83. The molecule has 9 heteroatoms. The van der Waals surface area contributed by atoms with Gasteiger partial charge in [-0.3, -0.25) is 4.79 Å². The van der Waals surface area contributed by atoms with Crippen LogP contribution in [-0.2, 0) is 25.1 Å². The Balaban J connectivity index is 2.19. The van der Waals surface area contributed by atoms with E-state index in [0.717, 1.165) is 0 Å². The van der Waals surface area contributed by atoms with Gasteiger partial charge in [0.1, 0.15) is 13.2 Å². The maximum atomic E-state index is 11.9. The minimum absolute atomic E-state index is 0.0578. The van der Waals surface area contributed by atoms with Crippen molar-refractivity contribution in [1.82, 2.24) is 5.32 Å². The molecular formula is C14H18F3NO4S. The van der Waals surface area contributed by atoms with Gasteiger partial charge in [-0.05, 0) is 12.0 Å². The second-order valence-corrected chi connectivity index (χ2v) is 7.07. The summed E-state index contributed by atoms with van der Waals surface area (Å²) in [5.74, 6) is -0.920. The molecule has 1 aromatic rings. The van der Waals surface area contributed by atoms with E-state index in [2.05, 4.69) is 10.1 Å². The van der Waals surface area contributed by atoms with Gasteiger partial charge < -0.3 is 10.1 Å². The van der Waals surface area contributed by atoms with Crippen molar-refractivity contribution in [3.05, 3.63) is 35.9 Å². The largest absolute Gasteiger partial charge is 0.411 e. The third-order valence-electron chi connectivity index (χ3n) is 2.68. The number of benzene rings is 1. The molecule has 0 radical (unpaired) electrons. The van der Waals surface area contributed by atoms with Crippen LogP contribution in [0.25, 0.3) is 0 Å². The van der Waals surface area contributed by atoms with Crippen LogP contribution in [0.2, 0.25) is 0 Å². The first-order chi connectivity index (χ1) is 10.7. The minimum atomic E-state index is -4.48. The standard InChI is InChI=1S/C14H18F3NO4S/c15-14(16,17)11-22-9-13(19)18-7-4-8-23(20,21)10-12-5-2-1-3-6-12/h1-3,5-6H,4,7-11H2,(H,18,19). The number of nitrogens with one attached hydrogen (secondary N) is 1. The molecule has 1 N–H and O–H groups in total. The Hall–Kier alpha value is -1.61. The van der Waals surface area contributed by atoms with E-state index < -0.39 is 35.1 Å². The SMILES string of the molecule is O=C(COCC(F)(F)F)NCCCS(=O)(=O)Cc1ccccc1. The number of ether oxygens (including phenoxy) is 1. The van der Waals surface area contributed by atoms with E-state index in [0.29, 0.717) is 5.56 Å². The summed E-state index contributed by atoms with van der Waals surface area (Å²) < 4.78 is 63.3. The number of alkyl halides is 3. The number of carbonyl (C=O) groups excluding carboxylic acids is 1. The van der Waals surface area contributed by atoms with Crippen LogP contribution in [0.15, 0.2) is 30.3 Å². The normalized spacial score (nSPS) is 12.1. The quantitative estimate of drug-likeness (QED) is 0.686. The lowest BCUT2D eigenvalue weighted by molar-refractivity contribution is -0.175. The number of carbonyl (C=O) groups is 1. The van der Waals surface area contributed by atoms with Crippen molar-refractivity contribution in [1.29, 1.82) is 0 Å². The van der Waals surface area contributed by atoms with Crippen LogP contribution in [0.5, 0.6) is 0 Å². The average Bonchev–Trinajstić information content (AvgIpc) is 2.43. The van der Waals surface area contributed by atoms with E-state index in [9.17, 15) is 26.4 Å². The first-order valence-corrected chi connectivity index (χ1v) is 8.66. The van der Waals surface area contributed by atoms with Crippen molar-refractivity contribution < 1.29 is 31.1 Å². The summed E-state index contributed by atoms with van der Waals surface area (Å²) in [5.41, 5.74) is 0.678. The fourth-order valence-electron chi connectivity index (χ4n) is 1.73. The van der Waals surface area contributed by atoms with Gasteiger partial charge in [-0.15, -0.1) is 0 Å². The van der Waals surface area contributed by atoms with Crippen LogP contribution in [0, 0.1) is 0 Å². The molecule has 5 nitrogen and oxygen atoms in total. The highest BCUT2D eigenvalue weighted by molar-refractivity contribution is 7.90. The average molecular weight is 353 g/mol. The molecule has 0 spiro atoms. The van der Waals surface area contributed by atoms with Gasteiger partial charge in [0.15, 0.2) is 9.84 Å². The smallest absolute Gasteiger partial charge is 0.362 e. The highest BCUT2D eigenvalue weighted by atomic mass is 32.2. The van der Waals surface area contributed by atoms with Crippen LogP contribution in [-0.4, -0.2) is 46.0 Å². The molecule has 0 aliphatic rings. The van der Waals surface area contributed by atoms with Crippen molar-refractivity contribution in [2.24, 2.45) is 0 Å². The molecule has 1 aromatic carbocycles. The Labute approximate surface area is 132 Å². The van der Waals surface area contributed by atoms with Gasteiger partial charge in [-0.2, -0.15) is 13.2 Å². The highest BCUT2D eigenvalue weighted by Crippen LogP contribution is 2.14. The van der Waals surface area contributed by atoms with Crippen molar-refractivity contribution in [2.45, 2.75) is 18.3 Å². The number of amides is 1. The zero-order valence-electron chi connectivity index (χ0n) is 12.3. The van der Waals surface area contributed by atoms with Gasteiger partial charge in [0.2, 0.25) is 5.91 Å². The molecule has 0 atom stereocenters. The third kappa shape index (κ3) is 9.90. The predicted octanol–water partition coefficient (Wildman–Crippen LogP) is 1.69. The Bertz CT molecular complexity index is 588. The number of rotatable bonds is 9. The van der Waals surface area contributed by atoms with Crippen LogP contribution >= 0.6 is 0 Å². The molecule has 0 bridgehead atoms. The molecule has 130 valence electrons. The first kappa shape index (κ1) is 19.4. The van der Waals surface area contributed by atoms with Crippen molar-refractivity contribution in [2.75, 3.05) is 25.5 Å². The molecule has 0 unspecified atom stereocenters. The van der Waals surface area contributed by atoms with Crippen LogP contribution in [0.3, 0.4) is 0 Å². The molecule has 0 fully saturated rings. The van der Waals surface area contributed by atoms with E-state index >= 15 is 0 Å². The number of sulfone groups is 1. The molecule has 23 heavy (non-hydrogen) atoms. The molecule has 0 aromatic heterocycles. The highest BCUT2D eigenvalue weighted by Gasteiger charge is 2.27. The Morgan fingerprint density at radius 2 is 1.83 bits per heavy atom. The predicted molar refractivity (Wildman–Crippen MR) is 78.4 cm³/mol. The summed E-state index contributed by atoms with van der Waals surface area (Å²) in [4.78, 5) is 11.2. The van der Waals surface area contributed by atoms with E-state index in [1.807, 2.05) is 0 Å². The van der Waals surface area contributed by atoms with Gasteiger partial charge in [0.05, 0.1) is 11.5 Å². The van der Waals surface area contributed by atoms with Crippen molar-refractivity contribution >= 4 is 15.7 Å². The molecular weight excluding hydrogens is 335 g/mol. The number of halogens is 3. The molecule has 1 rings (SSSR count). The van der Waals surface area contributed by atoms with Crippen LogP contribution in [0.1, 0.15) is 12.0 Å². The second-order valence-electron chi connectivity index (χ2n) is 4.89. The lowest BCUT2D eigenvalue weighted by Gasteiger charge is -2.08. The van der Waals surface area contributed by atoms with E-state index in [1.54, 1.807) is 30.3 Å². The third-order valence-corrected chi connectivity index (χ3v) is 4.37. The molecule has 0 saturated heterocycles. The fourth-order valence-corrected chi connectivity index (χ4v) is 3.16. The number of hydrogen-bond acceptors (Lipinski definition) is 4. The van der Waals surface area contributed by atoms with Gasteiger partial charge in [0.25, 0.3) is 0 Å². The molecule has 0 saturated carbocycles. The Kier molecular flexibility index (Phi) is 7.50. The van der Waals surface area contributed by atoms with Crippen LogP contribution in [0.4, 0.5) is 13.2 Å². The molecule has 0 aliphatic carbocycles. The number of hydrogen-bond donors (Lipinski definition) is 1. The summed E-state index contributed by atoms with van der Waals surface area (Å²) in [5, 5.41) is 2.31. The van der Waals surface area contributed by atoms with Crippen molar-refractivity contribution in [3.8, 4) is 0 Å². The maximum Gasteiger partial charge on any atom is 0.411 e. The lowest BCUT2D eigenvalue weighted by atomic mass is 10.2. The fraction of sp³-hybridized carbons (Fsp3) is 0.500. The lowest BCUT2D eigenvalue weighted by Crippen LogP contribution is -2.31. The molecule has 0 aliphatic heterocycles. The molecule has 0 heterocycles. The minimum Gasteiger partial charge on any atom is -0.362 e.